The fourth-order valence-electron chi connectivity index (χ4n) is 0.971. The molecule has 0 spiro atoms. The first kappa shape index (κ1) is 19.1. The Labute approximate surface area is 113 Å². The van der Waals surface area contributed by atoms with Crippen molar-refractivity contribution in [3.63, 3.8) is 0 Å². The number of carboxylic acids is 1. The van der Waals surface area contributed by atoms with Crippen LogP contribution in [0.2, 0.25) is 0 Å². The first-order valence-corrected chi connectivity index (χ1v) is 8.50. The van der Waals surface area contributed by atoms with Crippen molar-refractivity contribution < 1.29 is 39.9 Å². The minimum absolute atomic E-state index is 0.610. The lowest BCUT2D eigenvalue weighted by atomic mass is 10.2. The first-order chi connectivity index (χ1) is 8.72. The lowest BCUT2D eigenvalue weighted by Crippen LogP contribution is -2.49. The van der Waals surface area contributed by atoms with E-state index in [2.05, 4.69) is 0 Å². The molecule has 0 radical (unpaired) electrons. The second-order valence-corrected chi connectivity index (χ2v) is 7.66. The number of alkyl halides is 3. The fourth-order valence-corrected chi connectivity index (χ4v) is 2.66. The normalized spacial score (nSPS) is 15.0. The summed E-state index contributed by atoms with van der Waals surface area (Å²) in [4.78, 5) is 10.7. The number of halogens is 3. The lowest BCUT2D eigenvalue weighted by Gasteiger charge is -2.15. The van der Waals surface area contributed by atoms with E-state index in [1.165, 1.54) is 4.72 Å². The highest BCUT2D eigenvalue weighted by Gasteiger charge is 2.31. The number of aliphatic carboxylic acids is 1. The minimum atomic E-state index is -4.81. The molecule has 0 aromatic carbocycles. The molecule has 0 aromatic rings. The van der Waals surface area contributed by atoms with E-state index in [1.807, 2.05) is 0 Å². The molecule has 0 aliphatic rings. The minimum Gasteiger partial charge on any atom is -0.480 e. The summed E-state index contributed by atoms with van der Waals surface area (Å²) >= 11 is 0. The summed E-state index contributed by atoms with van der Waals surface area (Å²) in [5.74, 6) is -2.34. The van der Waals surface area contributed by atoms with Crippen molar-refractivity contribution in [1.82, 2.24) is 9.44 Å². The van der Waals surface area contributed by atoms with E-state index in [9.17, 15) is 34.8 Å². The Morgan fingerprint density at radius 3 is 2.10 bits per heavy atom. The van der Waals surface area contributed by atoms with Crippen molar-refractivity contribution in [2.75, 3.05) is 18.6 Å². The van der Waals surface area contributed by atoms with Gasteiger partial charge in [0.15, 0.2) is 0 Å². The van der Waals surface area contributed by atoms with E-state index in [1.54, 1.807) is 0 Å². The standard InChI is InChI=1S/C7H13F3N2O6S2/c1-19(15,16)3-2-5(6(13)14)12-20(17,18)11-4-7(8,9)10/h5,11-12H,2-4H2,1H3,(H,13,14). The Kier molecular flexibility index (Phi) is 6.38. The van der Waals surface area contributed by atoms with Gasteiger partial charge in [-0.15, -0.1) is 0 Å². The van der Waals surface area contributed by atoms with Crippen LogP contribution in [-0.4, -0.2) is 58.7 Å². The number of sulfone groups is 1. The molecule has 20 heavy (non-hydrogen) atoms. The quantitative estimate of drug-likeness (QED) is 0.511. The molecule has 0 amide bonds. The van der Waals surface area contributed by atoms with Crippen LogP contribution in [0.4, 0.5) is 13.2 Å². The van der Waals surface area contributed by atoms with Crippen molar-refractivity contribution in [1.29, 1.82) is 0 Å². The Morgan fingerprint density at radius 1 is 1.25 bits per heavy atom. The maximum Gasteiger partial charge on any atom is 0.402 e. The van der Waals surface area contributed by atoms with E-state index in [4.69, 9.17) is 5.11 Å². The van der Waals surface area contributed by atoms with Gasteiger partial charge in [-0.3, -0.25) is 4.79 Å². The van der Waals surface area contributed by atoms with Gasteiger partial charge in [0.25, 0.3) is 10.2 Å². The molecule has 1 unspecified atom stereocenters. The van der Waals surface area contributed by atoms with E-state index in [-0.39, 0.29) is 0 Å². The van der Waals surface area contributed by atoms with E-state index >= 15 is 0 Å². The highest BCUT2D eigenvalue weighted by Crippen LogP contribution is 2.12. The number of hydrogen-bond acceptors (Lipinski definition) is 5. The molecule has 3 N–H and O–H groups in total. The average Bonchev–Trinajstić information content (AvgIpc) is 2.19. The molecule has 0 saturated heterocycles. The van der Waals surface area contributed by atoms with E-state index in [0.717, 1.165) is 11.0 Å². The van der Waals surface area contributed by atoms with Crippen LogP contribution in [0, 0.1) is 0 Å². The van der Waals surface area contributed by atoms with Gasteiger partial charge in [0, 0.05) is 6.26 Å². The predicted molar refractivity (Wildman–Crippen MR) is 61.9 cm³/mol. The third kappa shape index (κ3) is 9.94. The molecule has 13 heteroatoms. The van der Waals surface area contributed by atoms with Gasteiger partial charge in [-0.05, 0) is 6.42 Å². The van der Waals surface area contributed by atoms with Crippen molar-refractivity contribution in [2.24, 2.45) is 0 Å². The monoisotopic (exact) mass is 342 g/mol. The van der Waals surface area contributed by atoms with Crippen LogP contribution < -0.4 is 9.44 Å². The maximum atomic E-state index is 11.8. The highest BCUT2D eigenvalue weighted by molar-refractivity contribution is 7.90. The molecule has 120 valence electrons. The number of rotatable bonds is 8. The summed E-state index contributed by atoms with van der Waals surface area (Å²) in [6.07, 6.45) is -4.61. The molecular weight excluding hydrogens is 329 g/mol. The van der Waals surface area contributed by atoms with Gasteiger partial charge < -0.3 is 5.11 Å². The summed E-state index contributed by atoms with van der Waals surface area (Å²) in [5.41, 5.74) is 0. The topological polar surface area (TPSA) is 130 Å². The average molecular weight is 342 g/mol. The van der Waals surface area contributed by atoms with Gasteiger partial charge in [0.05, 0.1) is 5.75 Å². The van der Waals surface area contributed by atoms with Crippen LogP contribution in [0.25, 0.3) is 0 Å². The zero-order valence-electron chi connectivity index (χ0n) is 10.1. The summed E-state index contributed by atoms with van der Waals surface area (Å²) in [5, 5.41) is 8.69. The van der Waals surface area contributed by atoms with Crippen LogP contribution in [0.3, 0.4) is 0 Å². The molecule has 1 atom stereocenters. The Hall–Kier alpha value is -0.920. The molecule has 0 bridgehead atoms. The van der Waals surface area contributed by atoms with Crippen LogP contribution in [0.15, 0.2) is 0 Å². The third-order valence-corrected chi connectivity index (χ3v) is 3.93. The molecule has 0 saturated carbocycles. The Bertz CT molecular complexity index is 541. The molecule has 0 aromatic heterocycles. The number of nitrogens with one attached hydrogen (secondary N) is 2. The van der Waals surface area contributed by atoms with Gasteiger partial charge in [0.2, 0.25) is 0 Å². The largest absolute Gasteiger partial charge is 0.480 e. The molecule has 0 aliphatic heterocycles. The number of hydrogen-bond donors (Lipinski definition) is 3. The summed E-state index contributed by atoms with van der Waals surface area (Å²) in [6, 6.07) is -1.85. The van der Waals surface area contributed by atoms with Gasteiger partial charge in [-0.2, -0.15) is 31.0 Å². The van der Waals surface area contributed by atoms with Crippen LogP contribution >= 0.6 is 0 Å². The third-order valence-electron chi connectivity index (χ3n) is 1.84. The van der Waals surface area contributed by atoms with Gasteiger partial charge in [0.1, 0.15) is 22.4 Å². The van der Waals surface area contributed by atoms with Crippen LogP contribution in [0.1, 0.15) is 6.42 Å². The van der Waals surface area contributed by atoms with Crippen LogP contribution in [-0.2, 0) is 24.8 Å². The summed E-state index contributed by atoms with van der Waals surface area (Å²) in [7, 11) is -8.26. The molecule has 0 rings (SSSR count). The molecule has 0 fully saturated rings. The second-order valence-electron chi connectivity index (χ2n) is 3.87. The predicted octanol–water partition coefficient (Wildman–Crippen LogP) is -1.14. The smallest absolute Gasteiger partial charge is 0.402 e. The van der Waals surface area contributed by atoms with Crippen molar-refractivity contribution in [3.05, 3.63) is 0 Å². The zero-order valence-corrected chi connectivity index (χ0v) is 11.8. The van der Waals surface area contributed by atoms with E-state index in [0.29, 0.717) is 0 Å². The highest BCUT2D eigenvalue weighted by atomic mass is 32.2. The number of carboxylic acid groups (broad SMARTS) is 1. The van der Waals surface area contributed by atoms with Crippen molar-refractivity contribution in [3.8, 4) is 0 Å². The van der Waals surface area contributed by atoms with Crippen molar-refractivity contribution >= 4 is 26.0 Å². The van der Waals surface area contributed by atoms with Gasteiger partial charge in [-0.25, -0.2) is 8.42 Å². The Balaban J connectivity index is 4.70. The molecular formula is C7H13F3N2O6S2. The maximum absolute atomic E-state index is 11.8. The fraction of sp³-hybridized carbons (Fsp3) is 0.857. The number of carbonyl (C=O) groups is 1. The van der Waals surface area contributed by atoms with Crippen molar-refractivity contribution in [2.45, 2.75) is 18.6 Å². The zero-order chi connectivity index (χ0) is 16.2. The molecule has 0 aliphatic carbocycles. The van der Waals surface area contributed by atoms with Crippen LogP contribution in [0.5, 0.6) is 0 Å². The van der Waals surface area contributed by atoms with Gasteiger partial charge in [-0.1, -0.05) is 0 Å². The first-order valence-electron chi connectivity index (χ1n) is 4.96. The van der Waals surface area contributed by atoms with Gasteiger partial charge >= 0.3 is 12.1 Å². The summed E-state index contributed by atoms with van der Waals surface area (Å²) < 4.78 is 82.1. The lowest BCUT2D eigenvalue weighted by molar-refractivity contribution is -0.139. The second kappa shape index (κ2) is 6.69. The molecule has 8 nitrogen and oxygen atoms in total. The molecule has 0 heterocycles. The van der Waals surface area contributed by atoms with E-state index < -0.39 is 57.0 Å². The SMILES string of the molecule is CS(=O)(=O)CCC(NS(=O)(=O)NCC(F)(F)F)C(=O)O. The Morgan fingerprint density at radius 2 is 1.75 bits per heavy atom. The summed E-state index contributed by atoms with van der Waals surface area (Å²) in [6.45, 7) is -1.87.